The van der Waals surface area contributed by atoms with Gasteiger partial charge in [0.05, 0.1) is 0 Å². The highest BCUT2D eigenvalue weighted by atomic mass is 19.1. The molecule has 0 bridgehead atoms. The third-order valence-electron chi connectivity index (χ3n) is 3.88. The number of carbonyl (C=O) groups is 1. The van der Waals surface area contributed by atoms with E-state index in [0.29, 0.717) is 12.0 Å². The number of Topliss-reactive ketones (excluding diaryl/α,β-unsaturated/α-hetero) is 1. The predicted molar refractivity (Wildman–Crippen MR) is 74.4 cm³/mol. The van der Waals surface area contributed by atoms with Crippen molar-refractivity contribution in [3.05, 3.63) is 65.0 Å². The molecule has 1 atom stereocenters. The van der Waals surface area contributed by atoms with Crippen LogP contribution in [0.15, 0.2) is 42.5 Å². The molecule has 20 heavy (non-hydrogen) atoms. The Morgan fingerprint density at radius 3 is 2.65 bits per heavy atom. The molecule has 0 aliphatic heterocycles. The monoisotopic (exact) mass is 270 g/mol. The number of carbonyl (C=O) groups excluding carboxylic acids is 1. The molecule has 0 amide bonds. The molecule has 0 saturated carbocycles. The van der Waals surface area contributed by atoms with E-state index in [0.717, 1.165) is 24.0 Å². The van der Waals surface area contributed by atoms with Crippen molar-refractivity contribution in [3.63, 3.8) is 0 Å². The molecule has 1 aliphatic rings. The molecule has 0 heterocycles. The van der Waals surface area contributed by atoms with Gasteiger partial charge in [-0.3, -0.25) is 4.79 Å². The van der Waals surface area contributed by atoms with Crippen LogP contribution in [0.1, 0.15) is 27.9 Å². The highest BCUT2D eigenvalue weighted by molar-refractivity contribution is 6.00. The summed E-state index contributed by atoms with van der Waals surface area (Å²) in [5.41, 5.74) is 2.61. The molecule has 2 aromatic rings. The quantitative estimate of drug-likeness (QED) is 0.906. The van der Waals surface area contributed by atoms with Crippen molar-refractivity contribution < 1.29 is 14.3 Å². The standard InChI is InChI=1S/C17H15FO2/c18-14-5-1-11(2-6-14)9-13-4-3-12-10-15(19)7-8-16(12)17(13)20/h1-2,5-8,10,13,19H,3-4,9H2. The number of hydrogen-bond donors (Lipinski definition) is 1. The molecule has 3 rings (SSSR count). The summed E-state index contributed by atoms with van der Waals surface area (Å²) in [4.78, 5) is 12.4. The lowest BCUT2D eigenvalue weighted by atomic mass is 9.80. The zero-order valence-corrected chi connectivity index (χ0v) is 11.0. The number of aryl methyl sites for hydroxylation is 1. The van der Waals surface area contributed by atoms with Gasteiger partial charge in [-0.15, -0.1) is 0 Å². The normalized spacial score (nSPS) is 17.9. The molecule has 1 unspecified atom stereocenters. The van der Waals surface area contributed by atoms with Gasteiger partial charge in [-0.05, 0) is 60.7 Å². The topological polar surface area (TPSA) is 37.3 Å². The Morgan fingerprint density at radius 1 is 1.15 bits per heavy atom. The van der Waals surface area contributed by atoms with E-state index in [2.05, 4.69) is 0 Å². The Hall–Kier alpha value is -2.16. The molecule has 2 nitrogen and oxygen atoms in total. The Balaban J connectivity index is 1.81. The van der Waals surface area contributed by atoms with E-state index in [1.807, 2.05) is 0 Å². The molecule has 1 N–H and O–H groups in total. The summed E-state index contributed by atoms with van der Waals surface area (Å²) in [5, 5.41) is 9.45. The Bertz CT molecular complexity index is 647. The van der Waals surface area contributed by atoms with Gasteiger partial charge in [-0.2, -0.15) is 0 Å². The van der Waals surface area contributed by atoms with E-state index in [4.69, 9.17) is 0 Å². The lowest BCUT2D eigenvalue weighted by molar-refractivity contribution is 0.0901. The number of halogens is 1. The van der Waals surface area contributed by atoms with Gasteiger partial charge in [0, 0.05) is 11.5 Å². The van der Waals surface area contributed by atoms with Crippen LogP contribution in [0.4, 0.5) is 4.39 Å². The van der Waals surface area contributed by atoms with Crippen LogP contribution in [0.5, 0.6) is 5.75 Å². The van der Waals surface area contributed by atoms with Gasteiger partial charge in [0.1, 0.15) is 11.6 Å². The van der Waals surface area contributed by atoms with Gasteiger partial charge in [-0.25, -0.2) is 4.39 Å². The maximum absolute atomic E-state index is 12.9. The largest absolute Gasteiger partial charge is 0.508 e. The van der Waals surface area contributed by atoms with Crippen molar-refractivity contribution in [1.29, 1.82) is 0 Å². The highest BCUT2D eigenvalue weighted by Gasteiger charge is 2.27. The van der Waals surface area contributed by atoms with Crippen LogP contribution < -0.4 is 0 Å². The number of rotatable bonds is 2. The fourth-order valence-corrected chi connectivity index (χ4v) is 2.81. The molecule has 2 aromatic carbocycles. The van der Waals surface area contributed by atoms with Crippen molar-refractivity contribution in [3.8, 4) is 5.75 Å². The lowest BCUT2D eigenvalue weighted by Gasteiger charge is -2.23. The van der Waals surface area contributed by atoms with Gasteiger partial charge in [0.25, 0.3) is 0 Å². The van der Waals surface area contributed by atoms with E-state index in [1.54, 1.807) is 30.3 Å². The first kappa shape index (κ1) is 12.9. The average Bonchev–Trinajstić information content (AvgIpc) is 2.44. The molecule has 0 radical (unpaired) electrons. The number of aromatic hydroxyl groups is 1. The summed E-state index contributed by atoms with van der Waals surface area (Å²) in [7, 11) is 0. The summed E-state index contributed by atoms with van der Waals surface area (Å²) in [5.74, 6) is 0.00570. The lowest BCUT2D eigenvalue weighted by Crippen LogP contribution is -2.24. The van der Waals surface area contributed by atoms with Gasteiger partial charge >= 0.3 is 0 Å². The number of phenols is 1. The van der Waals surface area contributed by atoms with E-state index in [-0.39, 0.29) is 23.3 Å². The van der Waals surface area contributed by atoms with Crippen LogP contribution in [0, 0.1) is 11.7 Å². The minimum absolute atomic E-state index is 0.0579. The minimum Gasteiger partial charge on any atom is -0.508 e. The summed E-state index contributed by atoms with van der Waals surface area (Å²) < 4.78 is 12.9. The fraction of sp³-hybridized carbons (Fsp3) is 0.235. The minimum atomic E-state index is -0.260. The van der Waals surface area contributed by atoms with E-state index in [1.165, 1.54) is 12.1 Å². The Kier molecular flexibility index (Phi) is 3.26. The number of fused-ring (bicyclic) bond motifs is 1. The second kappa shape index (κ2) is 5.08. The maximum atomic E-state index is 12.9. The van der Waals surface area contributed by atoms with E-state index in [9.17, 15) is 14.3 Å². The van der Waals surface area contributed by atoms with Crippen molar-refractivity contribution in [2.75, 3.05) is 0 Å². The SMILES string of the molecule is O=C1c2ccc(O)cc2CCC1Cc1ccc(F)cc1. The molecule has 0 saturated heterocycles. The van der Waals surface area contributed by atoms with Crippen LogP contribution in [-0.2, 0) is 12.8 Å². The van der Waals surface area contributed by atoms with Crippen LogP contribution in [0.3, 0.4) is 0 Å². The summed E-state index contributed by atoms with van der Waals surface area (Å²) >= 11 is 0. The summed E-state index contributed by atoms with van der Waals surface area (Å²) in [6.45, 7) is 0. The molecule has 1 aliphatic carbocycles. The van der Waals surface area contributed by atoms with Crippen LogP contribution in [0.2, 0.25) is 0 Å². The number of benzene rings is 2. The van der Waals surface area contributed by atoms with Crippen LogP contribution >= 0.6 is 0 Å². The Labute approximate surface area is 116 Å². The first-order valence-electron chi connectivity index (χ1n) is 6.74. The second-order valence-electron chi connectivity index (χ2n) is 5.27. The first-order valence-corrected chi connectivity index (χ1v) is 6.74. The molecular formula is C17H15FO2. The van der Waals surface area contributed by atoms with E-state index >= 15 is 0 Å². The van der Waals surface area contributed by atoms with Gasteiger partial charge in [0.15, 0.2) is 5.78 Å². The van der Waals surface area contributed by atoms with Crippen molar-refractivity contribution in [2.45, 2.75) is 19.3 Å². The van der Waals surface area contributed by atoms with Crippen molar-refractivity contribution in [1.82, 2.24) is 0 Å². The molecule has 0 aromatic heterocycles. The maximum Gasteiger partial charge on any atom is 0.166 e. The van der Waals surface area contributed by atoms with Crippen LogP contribution in [0.25, 0.3) is 0 Å². The first-order chi connectivity index (χ1) is 9.63. The molecule has 3 heteroatoms. The molecule has 102 valence electrons. The number of hydrogen-bond acceptors (Lipinski definition) is 2. The van der Waals surface area contributed by atoms with Gasteiger partial charge < -0.3 is 5.11 Å². The summed E-state index contributed by atoms with van der Waals surface area (Å²) in [6, 6.07) is 11.2. The number of ketones is 1. The summed E-state index contributed by atoms with van der Waals surface area (Å²) in [6.07, 6.45) is 2.20. The molecule has 0 fully saturated rings. The molecule has 0 spiro atoms. The number of phenolic OH excluding ortho intramolecular Hbond substituents is 1. The third kappa shape index (κ3) is 2.44. The predicted octanol–water partition coefficient (Wildman–Crippen LogP) is 3.52. The second-order valence-corrected chi connectivity index (χ2v) is 5.27. The van der Waals surface area contributed by atoms with Crippen molar-refractivity contribution in [2.24, 2.45) is 5.92 Å². The van der Waals surface area contributed by atoms with Crippen molar-refractivity contribution >= 4 is 5.78 Å². The molecular weight excluding hydrogens is 255 g/mol. The van der Waals surface area contributed by atoms with Gasteiger partial charge in [-0.1, -0.05) is 12.1 Å². The third-order valence-corrected chi connectivity index (χ3v) is 3.88. The van der Waals surface area contributed by atoms with Gasteiger partial charge in [0.2, 0.25) is 0 Å². The fourth-order valence-electron chi connectivity index (χ4n) is 2.81. The van der Waals surface area contributed by atoms with Crippen LogP contribution in [-0.4, -0.2) is 10.9 Å². The zero-order valence-electron chi connectivity index (χ0n) is 11.0. The highest BCUT2D eigenvalue weighted by Crippen LogP contribution is 2.30. The Morgan fingerprint density at radius 2 is 1.90 bits per heavy atom. The average molecular weight is 270 g/mol. The van der Waals surface area contributed by atoms with E-state index < -0.39 is 0 Å². The smallest absolute Gasteiger partial charge is 0.166 e. The zero-order chi connectivity index (χ0) is 14.1.